The van der Waals surface area contributed by atoms with Crippen LogP contribution in [0, 0.1) is 5.41 Å². The molecule has 0 aliphatic carbocycles. The van der Waals surface area contributed by atoms with E-state index in [1.807, 2.05) is 19.9 Å². The lowest BCUT2D eigenvalue weighted by Crippen LogP contribution is -2.44. The molecule has 1 aromatic rings. The first-order valence-electron chi connectivity index (χ1n) is 6.62. The standard InChI is InChI=1S/C16H23NO2S/c1-5-10-15(16(3,4)13-6-2)17-20(18,19)14-11-8-7-9-12-14/h5-9,11-12,15,17H,1-2,10,13H2,3-4H3. The summed E-state index contributed by atoms with van der Waals surface area (Å²) in [4.78, 5) is 0.281. The Morgan fingerprint density at radius 2 is 1.80 bits per heavy atom. The number of benzene rings is 1. The van der Waals surface area contributed by atoms with Gasteiger partial charge in [-0.05, 0) is 30.4 Å². The van der Waals surface area contributed by atoms with Gasteiger partial charge in [0.15, 0.2) is 0 Å². The van der Waals surface area contributed by atoms with Crippen molar-refractivity contribution in [2.24, 2.45) is 5.41 Å². The van der Waals surface area contributed by atoms with E-state index in [9.17, 15) is 8.42 Å². The molecule has 1 rings (SSSR count). The topological polar surface area (TPSA) is 46.2 Å². The van der Waals surface area contributed by atoms with Crippen LogP contribution in [-0.4, -0.2) is 14.5 Å². The van der Waals surface area contributed by atoms with E-state index in [1.165, 1.54) is 0 Å². The van der Waals surface area contributed by atoms with Gasteiger partial charge in [-0.1, -0.05) is 44.2 Å². The third-order valence-corrected chi connectivity index (χ3v) is 4.85. The zero-order valence-electron chi connectivity index (χ0n) is 12.2. The van der Waals surface area contributed by atoms with E-state index < -0.39 is 10.0 Å². The predicted octanol–water partition coefficient (Wildman–Crippen LogP) is 3.51. The van der Waals surface area contributed by atoms with Crippen LogP contribution in [0.25, 0.3) is 0 Å². The van der Waals surface area contributed by atoms with E-state index in [-0.39, 0.29) is 16.4 Å². The Kier molecular flexibility index (Phi) is 5.72. The molecule has 1 N–H and O–H groups in total. The first-order chi connectivity index (χ1) is 9.33. The summed E-state index contributed by atoms with van der Waals surface area (Å²) < 4.78 is 27.6. The normalized spacial score (nSPS) is 13.7. The second-order valence-electron chi connectivity index (χ2n) is 5.49. The Hall–Kier alpha value is -1.39. The molecule has 1 aromatic carbocycles. The zero-order chi connectivity index (χ0) is 15.2. The SMILES string of the molecule is C=CCC(NS(=O)(=O)c1ccccc1)C(C)(C)CC=C. The van der Waals surface area contributed by atoms with Crippen molar-refractivity contribution in [3.8, 4) is 0 Å². The van der Waals surface area contributed by atoms with Crippen molar-refractivity contribution in [1.82, 2.24) is 4.72 Å². The van der Waals surface area contributed by atoms with Crippen LogP contribution in [0.2, 0.25) is 0 Å². The van der Waals surface area contributed by atoms with Gasteiger partial charge < -0.3 is 0 Å². The molecule has 0 fully saturated rings. The smallest absolute Gasteiger partial charge is 0.207 e. The minimum atomic E-state index is -3.52. The fourth-order valence-electron chi connectivity index (χ4n) is 2.06. The molecule has 20 heavy (non-hydrogen) atoms. The van der Waals surface area contributed by atoms with Gasteiger partial charge in [0.25, 0.3) is 0 Å². The number of nitrogens with one attached hydrogen (secondary N) is 1. The van der Waals surface area contributed by atoms with Gasteiger partial charge in [0.1, 0.15) is 0 Å². The Labute approximate surface area is 122 Å². The van der Waals surface area contributed by atoms with Crippen molar-refractivity contribution >= 4 is 10.0 Å². The van der Waals surface area contributed by atoms with Crippen molar-refractivity contribution in [3.63, 3.8) is 0 Å². The fourth-order valence-corrected chi connectivity index (χ4v) is 3.50. The number of rotatable bonds is 8. The van der Waals surface area contributed by atoms with Crippen LogP contribution >= 0.6 is 0 Å². The molecule has 0 heterocycles. The lowest BCUT2D eigenvalue weighted by atomic mass is 9.80. The molecule has 0 spiro atoms. The summed E-state index contributed by atoms with van der Waals surface area (Å²) in [5, 5.41) is 0. The van der Waals surface area contributed by atoms with Crippen LogP contribution in [0.4, 0.5) is 0 Å². The van der Waals surface area contributed by atoms with Crippen molar-refractivity contribution in [3.05, 3.63) is 55.6 Å². The van der Waals surface area contributed by atoms with E-state index in [0.29, 0.717) is 6.42 Å². The third kappa shape index (κ3) is 4.32. The number of allylic oxidation sites excluding steroid dienone is 1. The summed E-state index contributed by atoms with van der Waals surface area (Å²) in [6.45, 7) is 11.5. The monoisotopic (exact) mass is 293 g/mol. The van der Waals surface area contributed by atoms with Crippen LogP contribution in [-0.2, 0) is 10.0 Å². The number of hydrogen-bond acceptors (Lipinski definition) is 2. The maximum atomic E-state index is 12.4. The maximum absolute atomic E-state index is 12.4. The van der Waals surface area contributed by atoms with E-state index in [1.54, 1.807) is 36.4 Å². The number of hydrogen-bond donors (Lipinski definition) is 1. The lowest BCUT2D eigenvalue weighted by Gasteiger charge is -2.33. The lowest BCUT2D eigenvalue weighted by molar-refractivity contribution is 0.271. The van der Waals surface area contributed by atoms with Gasteiger partial charge in [0.2, 0.25) is 10.0 Å². The maximum Gasteiger partial charge on any atom is 0.240 e. The van der Waals surface area contributed by atoms with Crippen molar-refractivity contribution in [1.29, 1.82) is 0 Å². The fraction of sp³-hybridized carbons (Fsp3) is 0.375. The van der Waals surface area contributed by atoms with Gasteiger partial charge >= 0.3 is 0 Å². The molecule has 0 saturated heterocycles. The summed E-state index contributed by atoms with van der Waals surface area (Å²) in [6, 6.07) is 8.18. The quantitative estimate of drug-likeness (QED) is 0.746. The van der Waals surface area contributed by atoms with Crippen LogP contribution in [0.3, 0.4) is 0 Å². The molecule has 0 amide bonds. The van der Waals surface area contributed by atoms with Crippen LogP contribution in [0.1, 0.15) is 26.7 Å². The highest BCUT2D eigenvalue weighted by Crippen LogP contribution is 2.29. The molecule has 0 bridgehead atoms. The predicted molar refractivity (Wildman–Crippen MR) is 84.0 cm³/mol. The van der Waals surface area contributed by atoms with E-state index in [0.717, 1.165) is 6.42 Å². The Morgan fingerprint density at radius 3 is 2.30 bits per heavy atom. The Bertz CT molecular complexity index is 547. The van der Waals surface area contributed by atoms with E-state index >= 15 is 0 Å². The van der Waals surface area contributed by atoms with Gasteiger partial charge in [-0.15, -0.1) is 13.2 Å². The Morgan fingerprint density at radius 1 is 1.20 bits per heavy atom. The first kappa shape index (κ1) is 16.7. The minimum Gasteiger partial charge on any atom is -0.207 e. The van der Waals surface area contributed by atoms with E-state index in [2.05, 4.69) is 17.9 Å². The van der Waals surface area contributed by atoms with Crippen LogP contribution in [0.15, 0.2) is 60.5 Å². The molecule has 0 aliphatic rings. The second kappa shape index (κ2) is 6.86. The van der Waals surface area contributed by atoms with Gasteiger partial charge in [0.05, 0.1) is 4.90 Å². The highest BCUT2D eigenvalue weighted by atomic mass is 32.2. The largest absolute Gasteiger partial charge is 0.240 e. The summed E-state index contributed by atoms with van der Waals surface area (Å²) in [6.07, 6.45) is 4.85. The molecule has 4 heteroatoms. The molecule has 0 aromatic heterocycles. The van der Waals surface area contributed by atoms with Crippen LogP contribution in [0.5, 0.6) is 0 Å². The molecular weight excluding hydrogens is 270 g/mol. The van der Waals surface area contributed by atoms with Gasteiger partial charge in [-0.2, -0.15) is 0 Å². The average molecular weight is 293 g/mol. The molecule has 0 saturated carbocycles. The van der Waals surface area contributed by atoms with Crippen molar-refractivity contribution in [2.45, 2.75) is 37.6 Å². The van der Waals surface area contributed by atoms with Crippen molar-refractivity contribution < 1.29 is 8.42 Å². The third-order valence-electron chi connectivity index (χ3n) is 3.37. The zero-order valence-corrected chi connectivity index (χ0v) is 13.0. The second-order valence-corrected chi connectivity index (χ2v) is 7.21. The first-order valence-corrected chi connectivity index (χ1v) is 8.11. The highest BCUT2D eigenvalue weighted by molar-refractivity contribution is 7.89. The molecule has 110 valence electrons. The average Bonchev–Trinajstić information content (AvgIpc) is 2.39. The molecular formula is C16H23NO2S. The number of sulfonamides is 1. The summed E-state index contributed by atoms with van der Waals surface area (Å²) >= 11 is 0. The minimum absolute atomic E-state index is 0.219. The molecule has 1 atom stereocenters. The molecule has 1 unspecified atom stereocenters. The van der Waals surface area contributed by atoms with Crippen molar-refractivity contribution in [2.75, 3.05) is 0 Å². The van der Waals surface area contributed by atoms with Crippen LogP contribution < -0.4 is 4.72 Å². The van der Waals surface area contributed by atoms with Gasteiger partial charge in [0, 0.05) is 6.04 Å². The summed E-state index contributed by atoms with van der Waals surface area (Å²) in [7, 11) is -3.52. The molecule has 3 nitrogen and oxygen atoms in total. The Balaban J connectivity index is 3.01. The summed E-state index contributed by atoms with van der Waals surface area (Å²) in [5.41, 5.74) is -0.224. The van der Waals surface area contributed by atoms with Gasteiger partial charge in [-0.3, -0.25) is 0 Å². The van der Waals surface area contributed by atoms with E-state index in [4.69, 9.17) is 0 Å². The highest BCUT2D eigenvalue weighted by Gasteiger charge is 2.31. The van der Waals surface area contributed by atoms with Gasteiger partial charge in [-0.25, -0.2) is 13.1 Å². The molecule has 0 radical (unpaired) electrons. The molecule has 0 aliphatic heterocycles. The summed E-state index contributed by atoms with van der Waals surface area (Å²) in [5.74, 6) is 0.